The first-order chi connectivity index (χ1) is 11.6. The van der Waals surface area contributed by atoms with Gasteiger partial charge in [0, 0.05) is 25.2 Å². The molecule has 1 aromatic rings. The largest absolute Gasteiger partial charge is 0.493 e. The van der Waals surface area contributed by atoms with E-state index in [0.717, 1.165) is 17.7 Å². The van der Waals surface area contributed by atoms with Crippen LogP contribution in [0.3, 0.4) is 0 Å². The number of guanidine groups is 1. The zero-order chi connectivity index (χ0) is 17.0. The molecule has 0 saturated carbocycles. The van der Waals surface area contributed by atoms with Crippen molar-refractivity contribution in [3.63, 3.8) is 0 Å². The summed E-state index contributed by atoms with van der Waals surface area (Å²) >= 11 is 0. The third-order valence-corrected chi connectivity index (χ3v) is 4.81. The van der Waals surface area contributed by atoms with E-state index in [4.69, 9.17) is 20.9 Å². The molecule has 0 radical (unpaired) electrons. The van der Waals surface area contributed by atoms with Gasteiger partial charge in [-0.1, -0.05) is 18.2 Å². The Morgan fingerprint density at radius 3 is 2.68 bits per heavy atom. The lowest BCUT2D eigenvalue weighted by molar-refractivity contribution is -0.132. The number of ether oxygens (including phenoxy) is 2. The molecule has 1 saturated heterocycles. The van der Waals surface area contributed by atoms with E-state index in [2.05, 4.69) is 10.3 Å². The summed E-state index contributed by atoms with van der Waals surface area (Å²) in [7, 11) is 0. The van der Waals surface area contributed by atoms with Crippen LogP contribution in [0.4, 0.5) is 0 Å². The summed E-state index contributed by atoms with van der Waals surface area (Å²) in [6.45, 7) is 1.97. The summed E-state index contributed by atoms with van der Waals surface area (Å²) in [5.41, 5.74) is 12.1. The molecule has 5 N–H and O–H groups in total. The molecule has 1 unspecified atom stereocenters. The maximum atomic E-state index is 11.9. The van der Waals surface area contributed by atoms with Crippen LogP contribution >= 0.6 is 24.0 Å². The summed E-state index contributed by atoms with van der Waals surface area (Å²) in [6.07, 6.45) is 1.97. The van der Waals surface area contributed by atoms with E-state index >= 15 is 0 Å². The topological polar surface area (TPSA) is 112 Å². The first-order valence-electron chi connectivity index (χ1n) is 8.27. The van der Waals surface area contributed by atoms with Gasteiger partial charge in [0.15, 0.2) is 5.96 Å². The summed E-state index contributed by atoms with van der Waals surface area (Å²) in [6, 6.07) is 7.93. The van der Waals surface area contributed by atoms with Crippen LogP contribution in [0.25, 0.3) is 0 Å². The van der Waals surface area contributed by atoms with Gasteiger partial charge in [-0.25, -0.2) is 0 Å². The minimum absolute atomic E-state index is 0. The Morgan fingerprint density at radius 1 is 1.24 bits per heavy atom. The average molecular weight is 460 g/mol. The predicted molar refractivity (Wildman–Crippen MR) is 106 cm³/mol. The van der Waals surface area contributed by atoms with Crippen molar-refractivity contribution in [1.29, 1.82) is 0 Å². The lowest BCUT2D eigenvalue weighted by Crippen LogP contribution is -2.45. The van der Waals surface area contributed by atoms with E-state index < -0.39 is 5.41 Å². The zero-order valence-corrected chi connectivity index (χ0v) is 16.4. The van der Waals surface area contributed by atoms with E-state index in [-0.39, 0.29) is 42.5 Å². The maximum absolute atomic E-state index is 11.9. The summed E-state index contributed by atoms with van der Waals surface area (Å²) in [5.74, 6) is 0.856. The van der Waals surface area contributed by atoms with Crippen molar-refractivity contribution in [3.8, 4) is 5.75 Å². The number of amides is 1. The number of nitrogens with one attached hydrogen (secondary N) is 1. The maximum Gasteiger partial charge on any atom is 0.225 e. The molecule has 1 amide bonds. The van der Waals surface area contributed by atoms with Crippen LogP contribution in [0.5, 0.6) is 5.75 Å². The van der Waals surface area contributed by atoms with Crippen LogP contribution in [0.15, 0.2) is 29.3 Å². The first-order valence-corrected chi connectivity index (χ1v) is 8.27. The molecule has 0 bridgehead atoms. The van der Waals surface area contributed by atoms with Crippen molar-refractivity contribution in [1.82, 2.24) is 5.32 Å². The van der Waals surface area contributed by atoms with Gasteiger partial charge in [0.05, 0.1) is 24.6 Å². The number of nitrogens with zero attached hydrogens (tertiary/aromatic N) is 1. The van der Waals surface area contributed by atoms with E-state index in [1.165, 1.54) is 0 Å². The Bertz CT molecular complexity index is 632. The molecule has 1 aromatic carbocycles. The molecular formula is C17H25IN4O3. The van der Waals surface area contributed by atoms with Crippen LogP contribution in [0.2, 0.25) is 0 Å². The molecule has 0 aromatic heterocycles. The Morgan fingerprint density at radius 2 is 1.96 bits per heavy atom. The second-order valence-corrected chi connectivity index (χ2v) is 6.33. The normalized spacial score (nSPS) is 22.1. The monoisotopic (exact) mass is 460 g/mol. The number of carbonyl (C=O) groups is 1. The number of primary amides is 1. The molecule has 0 aliphatic carbocycles. The van der Waals surface area contributed by atoms with Crippen molar-refractivity contribution in [3.05, 3.63) is 29.8 Å². The number of hydrogen-bond donors (Lipinski definition) is 3. The molecule has 25 heavy (non-hydrogen) atoms. The number of fused-ring (bicyclic) bond motifs is 1. The fraction of sp³-hybridized carbons (Fsp3) is 0.529. The Hall–Kier alpha value is -1.55. The average Bonchev–Trinajstić information content (AvgIpc) is 2.61. The van der Waals surface area contributed by atoms with E-state index in [9.17, 15) is 4.79 Å². The Kier molecular flexibility index (Phi) is 6.88. The number of para-hydroxylation sites is 1. The smallest absolute Gasteiger partial charge is 0.225 e. The molecule has 7 nitrogen and oxygen atoms in total. The predicted octanol–water partition coefficient (Wildman–Crippen LogP) is 1.31. The molecular weight excluding hydrogens is 435 g/mol. The number of nitrogens with two attached hydrogens (primary N) is 2. The van der Waals surface area contributed by atoms with Gasteiger partial charge in [-0.15, -0.1) is 24.0 Å². The summed E-state index contributed by atoms with van der Waals surface area (Å²) in [4.78, 5) is 16.3. The standard InChI is InChI=1S/C17H24N4O3.HI/c18-15(22)17(6-9-23-10-7-17)11-20-16(19)21-13-5-8-24-14-4-2-1-3-12(13)14;/h1-4,13H,5-11H2,(H2,18,22)(H3,19,20,21);1H. The molecule has 2 aliphatic heterocycles. The molecule has 3 rings (SSSR count). The quantitative estimate of drug-likeness (QED) is 0.357. The van der Waals surface area contributed by atoms with Crippen molar-refractivity contribution in [2.45, 2.75) is 25.3 Å². The van der Waals surface area contributed by atoms with Crippen LogP contribution in [-0.4, -0.2) is 38.2 Å². The number of halogens is 1. The molecule has 0 spiro atoms. The van der Waals surface area contributed by atoms with Gasteiger partial charge in [-0.3, -0.25) is 9.79 Å². The third-order valence-electron chi connectivity index (χ3n) is 4.81. The van der Waals surface area contributed by atoms with Crippen molar-refractivity contribution in [2.24, 2.45) is 21.9 Å². The van der Waals surface area contributed by atoms with Gasteiger partial charge in [0.25, 0.3) is 0 Å². The van der Waals surface area contributed by atoms with Gasteiger partial charge >= 0.3 is 0 Å². The number of carbonyl (C=O) groups excluding carboxylic acids is 1. The lowest BCUT2D eigenvalue weighted by Gasteiger charge is -2.33. The molecule has 8 heteroatoms. The number of rotatable bonds is 4. The first kappa shape index (κ1) is 19.8. The SMILES string of the molecule is I.NC(=O)C1(CN=C(N)NC2CCOc3ccccc32)CCOCC1. The highest BCUT2D eigenvalue weighted by Crippen LogP contribution is 2.32. The molecule has 1 atom stereocenters. The van der Waals surface area contributed by atoms with E-state index in [1.807, 2.05) is 24.3 Å². The molecule has 138 valence electrons. The van der Waals surface area contributed by atoms with Gasteiger partial charge in [0.2, 0.25) is 5.91 Å². The van der Waals surface area contributed by atoms with Gasteiger partial charge in [-0.05, 0) is 18.9 Å². The highest BCUT2D eigenvalue weighted by Gasteiger charge is 2.38. The summed E-state index contributed by atoms with van der Waals surface area (Å²) < 4.78 is 11.0. The molecule has 2 heterocycles. The van der Waals surface area contributed by atoms with Crippen LogP contribution < -0.4 is 21.5 Å². The number of hydrogen-bond acceptors (Lipinski definition) is 4. The molecule has 1 fully saturated rings. The zero-order valence-electron chi connectivity index (χ0n) is 14.1. The van der Waals surface area contributed by atoms with Gasteiger partial charge < -0.3 is 26.3 Å². The minimum atomic E-state index is -0.655. The highest BCUT2D eigenvalue weighted by atomic mass is 127. The third kappa shape index (κ3) is 4.55. The summed E-state index contributed by atoms with van der Waals surface area (Å²) in [5, 5.41) is 3.24. The second-order valence-electron chi connectivity index (χ2n) is 6.33. The van der Waals surface area contributed by atoms with E-state index in [0.29, 0.717) is 38.6 Å². The fourth-order valence-corrected chi connectivity index (χ4v) is 3.20. The lowest BCUT2D eigenvalue weighted by atomic mass is 9.79. The Balaban J connectivity index is 0.00000225. The number of aliphatic imine (C=N–C) groups is 1. The van der Waals surface area contributed by atoms with Crippen LogP contribution in [0.1, 0.15) is 30.9 Å². The number of benzene rings is 1. The van der Waals surface area contributed by atoms with Gasteiger partial charge in [-0.2, -0.15) is 0 Å². The molecule has 2 aliphatic rings. The Labute approximate surface area is 164 Å². The second kappa shape index (κ2) is 8.70. The van der Waals surface area contributed by atoms with Crippen LogP contribution in [0, 0.1) is 5.41 Å². The highest BCUT2D eigenvalue weighted by molar-refractivity contribution is 14.0. The van der Waals surface area contributed by atoms with E-state index in [1.54, 1.807) is 0 Å². The van der Waals surface area contributed by atoms with Crippen LogP contribution in [-0.2, 0) is 9.53 Å². The minimum Gasteiger partial charge on any atom is -0.493 e. The van der Waals surface area contributed by atoms with Crippen molar-refractivity contribution in [2.75, 3.05) is 26.4 Å². The van der Waals surface area contributed by atoms with Gasteiger partial charge in [0.1, 0.15) is 5.75 Å². The fourth-order valence-electron chi connectivity index (χ4n) is 3.20. The van der Waals surface area contributed by atoms with Crippen molar-refractivity contribution < 1.29 is 14.3 Å². The van der Waals surface area contributed by atoms with Crippen molar-refractivity contribution >= 4 is 35.8 Å².